The van der Waals surface area contributed by atoms with Gasteiger partial charge in [-0.1, -0.05) is 44.2 Å². The molecule has 1 atom stereocenters. The maximum absolute atomic E-state index is 10.1. The van der Waals surface area contributed by atoms with Crippen molar-refractivity contribution < 1.29 is 14.6 Å². The smallest absolute Gasteiger partial charge is 0.200 e. The topological polar surface area (TPSA) is 78.4 Å². The summed E-state index contributed by atoms with van der Waals surface area (Å²) in [6.07, 6.45) is 0. The lowest BCUT2D eigenvalue weighted by molar-refractivity contribution is 0.219. The summed E-state index contributed by atoms with van der Waals surface area (Å²) in [5, 5.41) is 16.8. The fourth-order valence-corrected chi connectivity index (χ4v) is 3.45. The van der Waals surface area contributed by atoms with Gasteiger partial charge in [0, 0.05) is 20.1 Å². The third kappa shape index (κ3) is 7.46. The fourth-order valence-electron chi connectivity index (χ4n) is 3.45. The molecular weight excluding hydrogens is 507 g/mol. The minimum absolute atomic E-state index is 0. The minimum atomic E-state index is -0.00353. The van der Waals surface area contributed by atoms with Crippen LogP contribution in [0.3, 0.4) is 0 Å². The molecule has 2 rings (SSSR count). The second-order valence-electron chi connectivity index (χ2n) is 6.80. The zero-order valence-electron chi connectivity index (χ0n) is 19.0. The SMILES string of the molecule is CCN(CC)C(CNC(=NC)NCc1cc(OC)c(O)c(OC)c1)c1ccccc1.I. The number of aromatic hydroxyl groups is 1. The molecule has 0 saturated carbocycles. The van der Waals surface area contributed by atoms with Crippen LogP contribution in [0.5, 0.6) is 17.2 Å². The average molecular weight is 542 g/mol. The van der Waals surface area contributed by atoms with Crippen LogP contribution in [0.4, 0.5) is 0 Å². The van der Waals surface area contributed by atoms with Crippen LogP contribution in [0.1, 0.15) is 31.0 Å². The van der Waals surface area contributed by atoms with Crippen LogP contribution in [0, 0.1) is 0 Å². The Bertz CT molecular complexity index is 789. The number of methoxy groups -OCH3 is 2. The first-order chi connectivity index (χ1) is 14.6. The van der Waals surface area contributed by atoms with Gasteiger partial charge in [0.2, 0.25) is 5.75 Å². The molecule has 0 saturated heterocycles. The molecule has 0 aliphatic carbocycles. The number of nitrogens with one attached hydrogen (secondary N) is 2. The molecule has 1 unspecified atom stereocenters. The van der Waals surface area contributed by atoms with Crippen molar-refractivity contribution in [2.24, 2.45) is 4.99 Å². The van der Waals surface area contributed by atoms with Gasteiger partial charge in [0.05, 0.1) is 20.3 Å². The van der Waals surface area contributed by atoms with E-state index in [1.165, 1.54) is 19.8 Å². The third-order valence-electron chi connectivity index (χ3n) is 5.12. The van der Waals surface area contributed by atoms with Crippen LogP contribution in [0.15, 0.2) is 47.5 Å². The molecule has 0 amide bonds. The monoisotopic (exact) mass is 542 g/mol. The van der Waals surface area contributed by atoms with Crippen molar-refractivity contribution in [2.75, 3.05) is 40.9 Å². The molecule has 7 nitrogen and oxygen atoms in total. The molecule has 8 heteroatoms. The Labute approximate surface area is 202 Å². The molecule has 31 heavy (non-hydrogen) atoms. The first-order valence-electron chi connectivity index (χ1n) is 10.2. The minimum Gasteiger partial charge on any atom is -0.502 e. The zero-order valence-corrected chi connectivity index (χ0v) is 21.3. The van der Waals surface area contributed by atoms with Gasteiger partial charge in [0.1, 0.15) is 0 Å². The Morgan fingerprint density at radius 2 is 1.61 bits per heavy atom. The van der Waals surface area contributed by atoms with Crippen molar-refractivity contribution in [1.82, 2.24) is 15.5 Å². The molecule has 0 aromatic heterocycles. The number of guanidine groups is 1. The summed E-state index contributed by atoms with van der Waals surface area (Å²) in [6, 6.07) is 14.3. The second-order valence-corrected chi connectivity index (χ2v) is 6.80. The standard InChI is InChI=1S/C23H34N4O3.HI/c1-6-27(7-2)19(18-11-9-8-10-12-18)16-26-23(24-3)25-15-17-13-20(29-4)22(28)21(14-17)30-5;/h8-14,19,28H,6-7,15-16H2,1-5H3,(H2,24,25,26);1H. The van der Waals surface area contributed by atoms with Crippen LogP contribution >= 0.6 is 24.0 Å². The van der Waals surface area contributed by atoms with E-state index in [0.29, 0.717) is 24.0 Å². The molecule has 0 radical (unpaired) electrons. The van der Waals surface area contributed by atoms with E-state index in [9.17, 15) is 5.11 Å². The first-order valence-corrected chi connectivity index (χ1v) is 10.2. The predicted molar refractivity (Wildman–Crippen MR) is 137 cm³/mol. The van der Waals surface area contributed by atoms with E-state index in [1.54, 1.807) is 19.2 Å². The Morgan fingerprint density at radius 3 is 2.10 bits per heavy atom. The summed E-state index contributed by atoms with van der Waals surface area (Å²) >= 11 is 0. The quantitative estimate of drug-likeness (QED) is 0.241. The van der Waals surface area contributed by atoms with E-state index in [0.717, 1.165) is 25.2 Å². The molecule has 0 spiro atoms. The lowest BCUT2D eigenvalue weighted by Gasteiger charge is -2.30. The Morgan fingerprint density at radius 1 is 1.03 bits per heavy atom. The number of hydrogen-bond donors (Lipinski definition) is 3. The van der Waals surface area contributed by atoms with Crippen molar-refractivity contribution in [2.45, 2.75) is 26.4 Å². The van der Waals surface area contributed by atoms with Crippen LogP contribution in [0.25, 0.3) is 0 Å². The van der Waals surface area contributed by atoms with Crippen LogP contribution in [-0.2, 0) is 6.54 Å². The summed E-state index contributed by atoms with van der Waals surface area (Å²) in [6.45, 7) is 7.53. The number of phenolic OH excluding ortho intramolecular Hbond substituents is 1. The highest BCUT2D eigenvalue weighted by atomic mass is 127. The van der Waals surface area contributed by atoms with E-state index in [2.05, 4.69) is 58.6 Å². The highest BCUT2D eigenvalue weighted by Gasteiger charge is 2.18. The van der Waals surface area contributed by atoms with Crippen molar-refractivity contribution in [1.29, 1.82) is 0 Å². The second kappa shape index (κ2) is 14.0. The molecule has 172 valence electrons. The Balaban J connectivity index is 0.00000480. The molecule has 0 heterocycles. The van der Waals surface area contributed by atoms with E-state index in [1.807, 2.05) is 6.07 Å². The number of ether oxygens (including phenoxy) is 2. The van der Waals surface area contributed by atoms with Gasteiger partial charge in [-0.3, -0.25) is 9.89 Å². The highest BCUT2D eigenvalue weighted by Crippen LogP contribution is 2.37. The highest BCUT2D eigenvalue weighted by molar-refractivity contribution is 14.0. The third-order valence-corrected chi connectivity index (χ3v) is 5.12. The lowest BCUT2D eigenvalue weighted by Crippen LogP contribution is -2.43. The zero-order chi connectivity index (χ0) is 21.9. The molecule has 0 fully saturated rings. The number of nitrogens with zero attached hydrogens (tertiary/aromatic N) is 2. The van der Waals surface area contributed by atoms with Gasteiger partial charge >= 0.3 is 0 Å². The number of likely N-dealkylation sites (N-methyl/N-ethyl adjacent to an activating group) is 1. The summed E-state index contributed by atoms with van der Waals surface area (Å²) in [4.78, 5) is 6.77. The van der Waals surface area contributed by atoms with Gasteiger partial charge in [-0.2, -0.15) is 0 Å². The molecule has 3 N–H and O–H groups in total. The van der Waals surface area contributed by atoms with E-state index < -0.39 is 0 Å². The molecule has 0 aliphatic heterocycles. The summed E-state index contributed by atoms with van der Waals surface area (Å²) in [7, 11) is 4.79. The molecule has 2 aromatic carbocycles. The van der Waals surface area contributed by atoms with Gasteiger partial charge in [0.25, 0.3) is 0 Å². The predicted octanol–water partition coefficient (Wildman–Crippen LogP) is 3.78. The van der Waals surface area contributed by atoms with E-state index in [-0.39, 0.29) is 35.8 Å². The number of rotatable bonds is 10. The van der Waals surface area contributed by atoms with Crippen molar-refractivity contribution in [3.8, 4) is 17.2 Å². The van der Waals surface area contributed by atoms with Gasteiger partial charge in [0.15, 0.2) is 17.5 Å². The normalized spacial score (nSPS) is 12.1. The van der Waals surface area contributed by atoms with Crippen LogP contribution in [-0.4, -0.2) is 56.9 Å². The number of phenols is 1. The number of halogens is 1. The van der Waals surface area contributed by atoms with Gasteiger partial charge < -0.3 is 25.2 Å². The average Bonchev–Trinajstić information content (AvgIpc) is 2.79. The first kappa shape index (κ1) is 26.8. The molecule has 2 aromatic rings. The van der Waals surface area contributed by atoms with E-state index >= 15 is 0 Å². The fraction of sp³-hybridized carbons (Fsp3) is 0.435. The summed E-state index contributed by atoms with van der Waals surface area (Å²) in [5.41, 5.74) is 2.19. The van der Waals surface area contributed by atoms with Crippen LogP contribution in [0.2, 0.25) is 0 Å². The van der Waals surface area contributed by atoms with E-state index in [4.69, 9.17) is 9.47 Å². The summed E-state index contributed by atoms with van der Waals surface area (Å²) < 4.78 is 10.5. The van der Waals surface area contributed by atoms with Gasteiger partial charge in [-0.15, -0.1) is 24.0 Å². The largest absolute Gasteiger partial charge is 0.502 e. The molecule has 0 aliphatic rings. The molecular formula is C23H35IN4O3. The number of benzene rings is 2. The van der Waals surface area contributed by atoms with Crippen LogP contribution < -0.4 is 20.1 Å². The van der Waals surface area contributed by atoms with Crippen molar-refractivity contribution >= 4 is 29.9 Å². The Kier molecular flexibility index (Phi) is 12.1. The maximum Gasteiger partial charge on any atom is 0.200 e. The lowest BCUT2D eigenvalue weighted by atomic mass is 10.1. The molecule has 0 bridgehead atoms. The van der Waals surface area contributed by atoms with Gasteiger partial charge in [-0.05, 0) is 36.3 Å². The Hall–Kier alpha value is -2.20. The summed E-state index contributed by atoms with van der Waals surface area (Å²) in [5.74, 6) is 1.45. The van der Waals surface area contributed by atoms with Crippen molar-refractivity contribution in [3.05, 3.63) is 53.6 Å². The van der Waals surface area contributed by atoms with Crippen molar-refractivity contribution in [3.63, 3.8) is 0 Å². The number of aliphatic imine (C=N–C) groups is 1. The maximum atomic E-state index is 10.1. The number of hydrogen-bond acceptors (Lipinski definition) is 5. The van der Waals surface area contributed by atoms with Gasteiger partial charge in [-0.25, -0.2) is 0 Å².